The normalized spacial score (nSPS) is 11.2. The average Bonchev–Trinajstić information content (AvgIpc) is 3.89. The maximum absolute atomic E-state index is 5.74. The molecule has 13 heteroatoms. The first-order chi connectivity index (χ1) is 22.6. The largest absolute Gasteiger partial charge is 2.00 e. The zero-order valence-corrected chi connectivity index (χ0v) is 29.5. The van der Waals surface area contributed by atoms with E-state index in [0.717, 1.165) is 71.9 Å². The summed E-state index contributed by atoms with van der Waals surface area (Å²) >= 11 is 0. The standard InChI is InChI=1S/C18H10N3O2.C17H10N4O2.2Pt/c1-20-4-2-12(8-20)18-14-7-15-16(21-5-3-19-11-21)10-22-17(15)6-13(14)9-23-18;1-20-6-14(19-10-20)17-12-5-13-15(21-3-2-18-9-21)8-22-16(13)4-11(12)7-23-17;;/h3-6,8-10H,1H3;2-4,6-8,10H,1H3;;/q-3;-2;;+2. The van der Waals surface area contributed by atoms with E-state index in [1.54, 1.807) is 52.9 Å². The van der Waals surface area contributed by atoms with Crippen LogP contribution in [0.1, 0.15) is 0 Å². The molecule has 48 heavy (non-hydrogen) atoms. The van der Waals surface area contributed by atoms with Gasteiger partial charge in [-0.2, -0.15) is 0 Å². The summed E-state index contributed by atoms with van der Waals surface area (Å²) in [5.41, 5.74) is 4.85. The molecular weight excluding hydrogens is 973 g/mol. The fourth-order valence-electron chi connectivity index (χ4n) is 5.51. The van der Waals surface area contributed by atoms with Crippen molar-refractivity contribution in [3.63, 3.8) is 0 Å². The molecule has 0 aliphatic heterocycles. The van der Waals surface area contributed by atoms with Gasteiger partial charge in [-0.15, -0.1) is 23.8 Å². The number of benzene rings is 2. The average molecular weight is 993 g/mol. The van der Waals surface area contributed by atoms with Crippen LogP contribution in [-0.2, 0) is 56.2 Å². The summed E-state index contributed by atoms with van der Waals surface area (Å²) in [6.07, 6.45) is 27.0. The first-order valence-corrected chi connectivity index (χ1v) is 14.1. The number of fused-ring (bicyclic) bond motifs is 4. The number of nitrogens with zero attached hydrogens (tertiary/aromatic N) is 7. The van der Waals surface area contributed by atoms with Crippen molar-refractivity contribution in [3.8, 4) is 34.2 Å². The molecule has 0 saturated heterocycles. The van der Waals surface area contributed by atoms with E-state index in [0.29, 0.717) is 5.76 Å². The van der Waals surface area contributed by atoms with Crippen molar-refractivity contribution in [2.75, 3.05) is 0 Å². The van der Waals surface area contributed by atoms with Crippen LogP contribution < -0.4 is 0 Å². The van der Waals surface area contributed by atoms with Crippen molar-refractivity contribution in [1.29, 1.82) is 0 Å². The Hall–Kier alpha value is -5.11. The van der Waals surface area contributed by atoms with Gasteiger partial charge in [-0.25, -0.2) is 4.98 Å². The van der Waals surface area contributed by atoms with Crippen LogP contribution in [0, 0.1) is 30.9 Å². The molecule has 10 rings (SSSR count). The zero-order valence-electron chi connectivity index (χ0n) is 25.0. The molecule has 0 radical (unpaired) electrons. The SMILES string of the molecule is Cn1c[c-]c(-c2occ3cc4occ(-n5[c-]ncc5)c4[c-]c23)c1.Cn1cnc(-c2occ3cc4occ(-n5[c-]ncc5)c4[c-]c23)c1.[Pt+2].[Pt]. The number of hydrogen-bond acceptors (Lipinski definition) is 7. The molecule has 0 atom stereocenters. The topological polar surface area (TPSA) is 111 Å². The summed E-state index contributed by atoms with van der Waals surface area (Å²) < 4.78 is 30.1. The summed E-state index contributed by atoms with van der Waals surface area (Å²) in [4.78, 5) is 12.3. The van der Waals surface area contributed by atoms with Crippen molar-refractivity contribution in [1.82, 2.24) is 33.2 Å². The monoisotopic (exact) mass is 992 g/mol. The van der Waals surface area contributed by atoms with Crippen molar-refractivity contribution in [2.45, 2.75) is 0 Å². The molecule has 8 aromatic heterocycles. The Morgan fingerprint density at radius 2 is 1.25 bits per heavy atom. The van der Waals surface area contributed by atoms with E-state index in [1.807, 2.05) is 66.3 Å². The van der Waals surface area contributed by atoms with Gasteiger partial charge in [0.15, 0.2) is 0 Å². The summed E-state index contributed by atoms with van der Waals surface area (Å²) in [6, 6.07) is 13.9. The molecule has 0 saturated carbocycles. The maximum Gasteiger partial charge on any atom is 2.00 e. The van der Waals surface area contributed by atoms with E-state index in [-0.39, 0.29) is 42.1 Å². The molecule has 0 N–H and O–H groups in total. The van der Waals surface area contributed by atoms with Crippen molar-refractivity contribution >= 4 is 43.5 Å². The van der Waals surface area contributed by atoms with E-state index in [1.165, 1.54) is 0 Å². The van der Waals surface area contributed by atoms with E-state index in [2.05, 4.69) is 45.8 Å². The van der Waals surface area contributed by atoms with Crippen LogP contribution in [0.2, 0.25) is 0 Å². The Labute approximate surface area is 300 Å². The van der Waals surface area contributed by atoms with Gasteiger partial charge in [-0.1, -0.05) is 70.9 Å². The van der Waals surface area contributed by atoms with Crippen LogP contribution in [0.5, 0.6) is 0 Å². The van der Waals surface area contributed by atoms with Gasteiger partial charge in [0.2, 0.25) is 0 Å². The van der Waals surface area contributed by atoms with E-state index >= 15 is 0 Å². The quantitative estimate of drug-likeness (QED) is 0.173. The molecule has 11 nitrogen and oxygen atoms in total. The third kappa shape index (κ3) is 5.29. The van der Waals surface area contributed by atoms with E-state index in [4.69, 9.17) is 17.7 Å². The molecule has 2 aromatic carbocycles. The zero-order chi connectivity index (χ0) is 30.8. The maximum atomic E-state index is 5.74. The minimum atomic E-state index is 0. The molecule has 8 heterocycles. The number of furan rings is 4. The molecule has 0 aliphatic rings. The number of imidazole rings is 3. The Bertz CT molecular complexity index is 2450. The van der Waals surface area contributed by atoms with Crippen molar-refractivity contribution in [2.24, 2.45) is 14.1 Å². The Morgan fingerprint density at radius 3 is 1.75 bits per heavy atom. The molecule has 242 valence electrons. The Balaban J connectivity index is 0.000000146. The second-order valence-corrected chi connectivity index (χ2v) is 10.7. The minimum Gasteiger partial charge on any atom is -0.508 e. The van der Waals surface area contributed by atoms with E-state index < -0.39 is 0 Å². The molecule has 0 fully saturated rings. The molecule has 0 unspecified atom stereocenters. The molecule has 0 bridgehead atoms. The number of aryl methyl sites for hydroxylation is 2. The summed E-state index contributed by atoms with van der Waals surface area (Å²) in [6.45, 7) is 0. The van der Waals surface area contributed by atoms with Crippen molar-refractivity contribution in [3.05, 3.63) is 118 Å². The number of hydrogen-bond donors (Lipinski definition) is 0. The van der Waals surface area contributed by atoms with Gasteiger partial charge in [0.05, 0.1) is 59.8 Å². The van der Waals surface area contributed by atoms with Gasteiger partial charge in [-0.05, 0) is 17.8 Å². The van der Waals surface area contributed by atoms with Gasteiger partial charge in [0, 0.05) is 58.3 Å². The van der Waals surface area contributed by atoms with Crippen LogP contribution in [-0.4, -0.2) is 33.2 Å². The molecule has 0 aliphatic carbocycles. The molecule has 0 spiro atoms. The second-order valence-electron chi connectivity index (χ2n) is 10.7. The minimum absolute atomic E-state index is 0. The fourth-order valence-corrected chi connectivity index (χ4v) is 5.51. The number of rotatable bonds is 4. The number of aromatic nitrogens is 7. The van der Waals surface area contributed by atoms with Crippen LogP contribution in [0.3, 0.4) is 0 Å². The summed E-state index contributed by atoms with van der Waals surface area (Å²) in [5.74, 6) is 1.45. The first kappa shape index (κ1) is 31.5. The van der Waals surface area contributed by atoms with Gasteiger partial charge in [0.25, 0.3) is 0 Å². The Morgan fingerprint density at radius 1 is 0.667 bits per heavy atom. The Kier molecular flexibility index (Phi) is 8.19. The van der Waals surface area contributed by atoms with Gasteiger partial charge < -0.3 is 45.9 Å². The summed E-state index contributed by atoms with van der Waals surface area (Å²) in [5, 5.41) is 5.37. The van der Waals surface area contributed by atoms with E-state index in [9.17, 15) is 0 Å². The second kappa shape index (κ2) is 12.5. The first-order valence-electron chi connectivity index (χ1n) is 14.1. The molecular formula is C35H20N7O4Pt2-3. The molecule has 10 aromatic rings. The van der Waals surface area contributed by atoms with Crippen LogP contribution in [0.25, 0.3) is 77.6 Å². The predicted molar refractivity (Wildman–Crippen MR) is 167 cm³/mol. The van der Waals surface area contributed by atoms with Gasteiger partial charge in [-0.3, -0.25) is 0 Å². The van der Waals surface area contributed by atoms with Crippen LogP contribution in [0.4, 0.5) is 0 Å². The third-order valence-electron chi connectivity index (χ3n) is 7.68. The van der Waals surface area contributed by atoms with Crippen LogP contribution in [0.15, 0.2) is 105 Å². The van der Waals surface area contributed by atoms with Gasteiger partial charge >= 0.3 is 21.1 Å². The third-order valence-corrected chi connectivity index (χ3v) is 7.68. The summed E-state index contributed by atoms with van der Waals surface area (Å²) in [7, 11) is 3.88. The predicted octanol–water partition coefficient (Wildman–Crippen LogP) is 7.13. The fraction of sp³-hybridized carbons (Fsp3) is 0.0571. The van der Waals surface area contributed by atoms with Gasteiger partial charge in [0.1, 0.15) is 0 Å². The van der Waals surface area contributed by atoms with Crippen LogP contribution >= 0.6 is 0 Å². The molecule has 0 amide bonds. The smallest absolute Gasteiger partial charge is 0.508 e. The van der Waals surface area contributed by atoms with Crippen molar-refractivity contribution < 1.29 is 59.8 Å².